The van der Waals surface area contributed by atoms with Crippen LogP contribution in [0.15, 0.2) is 0 Å². The molecule has 0 spiro atoms. The zero-order chi connectivity index (χ0) is 22.1. The van der Waals surface area contributed by atoms with Crippen molar-refractivity contribution in [2.45, 2.75) is 90.6 Å². The van der Waals surface area contributed by atoms with Crippen molar-refractivity contribution in [3.63, 3.8) is 0 Å². The third kappa shape index (κ3) is 7.92. The first-order valence-corrected chi connectivity index (χ1v) is 11.0. The van der Waals surface area contributed by atoms with Gasteiger partial charge < -0.3 is 29.0 Å². The van der Waals surface area contributed by atoms with Crippen LogP contribution in [0.3, 0.4) is 0 Å². The predicted molar refractivity (Wildman–Crippen MR) is 110 cm³/mol. The van der Waals surface area contributed by atoms with E-state index in [4.69, 9.17) is 23.7 Å². The average Bonchev–Trinajstić information content (AvgIpc) is 3.09. The van der Waals surface area contributed by atoms with Crippen LogP contribution in [0.5, 0.6) is 0 Å². The van der Waals surface area contributed by atoms with Crippen molar-refractivity contribution in [3.8, 4) is 0 Å². The molecule has 0 aromatic heterocycles. The Kier molecular flexibility index (Phi) is 9.64. The molecule has 3 atom stereocenters. The summed E-state index contributed by atoms with van der Waals surface area (Å²) in [5.74, 6) is 0.427. The zero-order valence-electron chi connectivity index (χ0n) is 19.0. The molecule has 9 heteroatoms. The molecule has 2 fully saturated rings. The molecule has 1 N–H and O–H groups in total. The Morgan fingerprint density at radius 3 is 2.50 bits per heavy atom. The first kappa shape index (κ1) is 24.7. The van der Waals surface area contributed by atoms with Crippen LogP contribution in [0.4, 0.5) is 9.59 Å². The summed E-state index contributed by atoms with van der Waals surface area (Å²) in [6.45, 7) is 7.30. The summed E-state index contributed by atoms with van der Waals surface area (Å²) in [5, 5.41) is 2.94. The second-order valence-electron chi connectivity index (χ2n) is 8.81. The Morgan fingerprint density at radius 1 is 1.27 bits per heavy atom. The summed E-state index contributed by atoms with van der Waals surface area (Å²) in [6.07, 6.45) is 4.57. The van der Waals surface area contributed by atoms with E-state index < -0.39 is 36.5 Å². The molecule has 1 aliphatic heterocycles. The van der Waals surface area contributed by atoms with E-state index in [0.717, 1.165) is 12.8 Å². The second kappa shape index (κ2) is 11.7. The van der Waals surface area contributed by atoms with Gasteiger partial charge in [-0.05, 0) is 40.0 Å². The molecular weight excluding hydrogens is 392 g/mol. The summed E-state index contributed by atoms with van der Waals surface area (Å²) in [4.78, 5) is 26.4. The van der Waals surface area contributed by atoms with Gasteiger partial charge in [0.2, 0.25) is 0 Å². The number of hydrogen-bond acceptors (Lipinski definition) is 7. The van der Waals surface area contributed by atoms with E-state index in [1.54, 1.807) is 0 Å². The molecule has 0 radical (unpaired) electrons. The molecule has 0 aromatic carbocycles. The van der Waals surface area contributed by atoms with Crippen molar-refractivity contribution in [1.29, 1.82) is 0 Å². The average molecular weight is 431 g/mol. The second-order valence-corrected chi connectivity index (χ2v) is 8.81. The first-order chi connectivity index (χ1) is 14.2. The van der Waals surface area contributed by atoms with Gasteiger partial charge in [0.1, 0.15) is 12.2 Å². The molecule has 1 saturated heterocycles. The molecule has 2 aliphatic rings. The van der Waals surface area contributed by atoms with Gasteiger partial charge in [-0.2, -0.15) is 0 Å². The largest absolute Gasteiger partial charge is 0.447 e. The molecule has 2 rings (SSSR count). The normalized spacial score (nSPS) is 21.1. The quantitative estimate of drug-likeness (QED) is 0.529. The Morgan fingerprint density at radius 2 is 1.97 bits per heavy atom. The van der Waals surface area contributed by atoms with E-state index >= 15 is 0 Å². The van der Waals surface area contributed by atoms with Crippen LogP contribution >= 0.6 is 0 Å². The fourth-order valence-electron chi connectivity index (χ4n) is 3.92. The molecule has 0 bridgehead atoms. The molecule has 3 unspecified atom stereocenters. The van der Waals surface area contributed by atoms with E-state index in [0.29, 0.717) is 25.5 Å². The number of rotatable bonds is 10. The van der Waals surface area contributed by atoms with Crippen LogP contribution in [0.1, 0.15) is 66.2 Å². The topological polar surface area (TPSA) is 95.6 Å². The SMILES string of the molecule is CCOC(OC)OC(C(CC1CCCCC1)NC(=O)OC(C)(C)C)N1CCOC1=O. The standard InChI is InChI=1S/C21H38N2O7/c1-6-27-20(26-5)29-17(23-12-13-28-19(23)25)16(14-15-10-8-7-9-11-15)22-18(24)30-21(2,3)4/h15-17,20H,6-14H2,1-5H3,(H,22,24). The van der Waals surface area contributed by atoms with Gasteiger partial charge in [0.05, 0.1) is 12.6 Å². The third-order valence-electron chi connectivity index (χ3n) is 5.20. The number of carbonyl (C=O) groups excluding carboxylic acids is 2. The highest BCUT2D eigenvalue weighted by molar-refractivity contribution is 5.70. The number of carbonyl (C=O) groups is 2. The number of cyclic esters (lactones) is 1. The maximum Gasteiger partial charge on any atom is 0.412 e. The van der Waals surface area contributed by atoms with Crippen molar-refractivity contribution in [1.82, 2.24) is 10.2 Å². The summed E-state index contributed by atoms with van der Waals surface area (Å²) < 4.78 is 27.4. The maximum atomic E-state index is 12.6. The molecule has 1 aliphatic carbocycles. The van der Waals surface area contributed by atoms with Crippen LogP contribution in [0.25, 0.3) is 0 Å². The maximum absolute atomic E-state index is 12.6. The summed E-state index contributed by atoms with van der Waals surface area (Å²) in [7, 11) is 1.47. The zero-order valence-corrected chi connectivity index (χ0v) is 19.0. The van der Waals surface area contributed by atoms with Gasteiger partial charge in [-0.3, -0.25) is 4.90 Å². The van der Waals surface area contributed by atoms with Crippen molar-refractivity contribution in [3.05, 3.63) is 0 Å². The fourth-order valence-corrected chi connectivity index (χ4v) is 3.92. The van der Waals surface area contributed by atoms with Gasteiger partial charge in [0.15, 0.2) is 6.23 Å². The molecule has 0 aromatic rings. The van der Waals surface area contributed by atoms with Gasteiger partial charge >= 0.3 is 12.2 Å². The lowest BCUT2D eigenvalue weighted by Gasteiger charge is -2.37. The minimum Gasteiger partial charge on any atom is -0.447 e. The van der Waals surface area contributed by atoms with Crippen molar-refractivity contribution in [2.24, 2.45) is 5.92 Å². The van der Waals surface area contributed by atoms with Crippen LogP contribution in [-0.4, -0.2) is 68.3 Å². The van der Waals surface area contributed by atoms with Crippen LogP contribution in [-0.2, 0) is 23.7 Å². The molecule has 30 heavy (non-hydrogen) atoms. The third-order valence-corrected chi connectivity index (χ3v) is 5.20. The summed E-state index contributed by atoms with van der Waals surface area (Å²) in [5.41, 5.74) is -0.636. The van der Waals surface area contributed by atoms with Gasteiger partial charge in [-0.15, -0.1) is 0 Å². The van der Waals surface area contributed by atoms with E-state index in [1.807, 2.05) is 27.7 Å². The first-order valence-electron chi connectivity index (χ1n) is 11.0. The van der Waals surface area contributed by atoms with Crippen LogP contribution in [0.2, 0.25) is 0 Å². The number of ether oxygens (including phenoxy) is 5. The minimum absolute atomic E-state index is 0.271. The van der Waals surface area contributed by atoms with E-state index in [9.17, 15) is 9.59 Å². The number of alkyl carbamates (subject to hydrolysis) is 1. The smallest absolute Gasteiger partial charge is 0.412 e. The van der Waals surface area contributed by atoms with Gasteiger partial charge in [0, 0.05) is 13.7 Å². The molecule has 174 valence electrons. The number of methoxy groups -OCH3 is 1. The monoisotopic (exact) mass is 430 g/mol. The van der Waals surface area contributed by atoms with Crippen molar-refractivity contribution < 1.29 is 33.3 Å². The number of nitrogens with one attached hydrogen (secondary N) is 1. The Balaban J connectivity index is 2.23. The van der Waals surface area contributed by atoms with Crippen molar-refractivity contribution >= 4 is 12.2 Å². The van der Waals surface area contributed by atoms with E-state index in [-0.39, 0.29) is 6.61 Å². The molecule has 1 saturated carbocycles. The molecule has 9 nitrogen and oxygen atoms in total. The van der Waals surface area contributed by atoms with Gasteiger partial charge in [0.25, 0.3) is 6.48 Å². The van der Waals surface area contributed by atoms with Crippen molar-refractivity contribution in [2.75, 3.05) is 26.9 Å². The minimum atomic E-state index is -0.970. The number of amides is 2. The Labute approximate surface area is 179 Å². The molecule has 2 amide bonds. The summed E-state index contributed by atoms with van der Waals surface area (Å²) >= 11 is 0. The van der Waals surface area contributed by atoms with Crippen LogP contribution < -0.4 is 5.32 Å². The summed E-state index contributed by atoms with van der Waals surface area (Å²) in [6, 6.07) is -0.494. The highest BCUT2D eigenvalue weighted by Gasteiger charge is 2.40. The highest BCUT2D eigenvalue weighted by Crippen LogP contribution is 2.30. The fraction of sp³-hybridized carbons (Fsp3) is 0.905. The lowest BCUT2D eigenvalue weighted by atomic mass is 9.84. The lowest BCUT2D eigenvalue weighted by Crippen LogP contribution is -2.56. The lowest BCUT2D eigenvalue weighted by molar-refractivity contribution is -0.311. The van der Waals surface area contributed by atoms with Gasteiger partial charge in [-0.1, -0.05) is 32.1 Å². The molecule has 1 heterocycles. The Bertz CT molecular complexity index is 546. The number of hydrogen-bond donors (Lipinski definition) is 1. The Hall–Kier alpha value is -1.58. The number of nitrogens with zero attached hydrogens (tertiary/aromatic N) is 1. The predicted octanol–water partition coefficient (Wildman–Crippen LogP) is 3.61. The van der Waals surface area contributed by atoms with E-state index in [1.165, 1.54) is 31.3 Å². The van der Waals surface area contributed by atoms with Crippen LogP contribution in [0, 0.1) is 5.92 Å². The van der Waals surface area contributed by atoms with Gasteiger partial charge in [-0.25, -0.2) is 9.59 Å². The van der Waals surface area contributed by atoms with E-state index in [2.05, 4.69) is 5.32 Å². The molecular formula is C21H38N2O7. The highest BCUT2D eigenvalue weighted by atomic mass is 16.8.